The third kappa shape index (κ3) is 8.05. The molecule has 5 nitrogen and oxygen atoms in total. The van der Waals surface area contributed by atoms with Gasteiger partial charge in [0.25, 0.3) is 0 Å². The summed E-state index contributed by atoms with van der Waals surface area (Å²) in [6.07, 6.45) is 7.34. The van der Waals surface area contributed by atoms with Gasteiger partial charge >= 0.3 is 6.09 Å². The van der Waals surface area contributed by atoms with Crippen LogP contribution in [0.3, 0.4) is 0 Å². The number of rotatable bonds is 6. The van der Waals surface area contributed by atoms with E-state index in [0.29, 0.717) is 6.54 Å². The minimum atomic E-state index is -0.452. The van der Waals surface area contributed by atoms with Crippen molar-refractivity contribution in [3.63, 3.8) is 0 Å². The number of amides is 1. The number of carbonyl (C=O) groups excluding carboxylic acids is 1. The summed E-state index contributed by atoms with van der Waals surface area (Å²) >= 11 is 0. The Hall–Kier alpha value is -1.75. The molecule has 0 atom stereocenters. The molecule has 0 radical (unpaired) electrons. The van der Waals surface area contributed by atoms with Crippen LogP contribution in [0.1, 0.15) is 26.3 Å². The molecule has 0 aliphatic heterocycles. The van der Waals surface area contributed by atoms with Gasteiger partial charge in [0.15, 0.2) is 0 Å². The van der Waals surface area contributed by atoms with Crippen LogP contribution in [0.5, 0.6) is 0 Å². The number of aromatic nitrogens is 1. The molecule has 0 saturated heterocycles. The van der Waals surface area contributed by atoms with E-state index in [-0.39, 0.29) is 0 Å². The van der Waals surface area contributed by atoms with Gasteiger partial charge in [0.2, 0.25) is 0 Å². The Balaban J connectivity index is 2.03. The molecular weight excluding hydrogens is 242 g/mol. The molecule has 5 heteroatoms. The van der Waals surface area contributed by atoms with Gasteiger partial charge in [0, 0.05) is 32.0 Å². The molecule has 106 valence electrons. The number of alkyl carbamates (subject to hydrolysis) is 1. The summed E-state index contributed by atoms with van der Waals surface area (Å²) in [7, 11) is 0. The van der Waals surface area contributed by atoms with Crippen LogP contribution in [-0.2, 0) is 11.3 Å². The largest absolute Gasteiger partial charge is 0.444 e. The first kappa shape index (κ1) is 15.3. The fourth-order valence-electron chi connectivity index (χ4n) is 1.39. The van der Waals surface area contributed by atoms with Crippen LogP contribution in [0.4, 0.5) is 4.79 Å². The first-order chi connectivity index (χ1) is 8.97. The third-order valence-corrected chi connectivity index (χ3v) is 2.18. The molecule has 0 spiro atoms. The Morgan fingerprint density at radius 3 is 2.74 bits per heavy atom. The average Bonchev–Trinajstić information content (AvgIpc) is 2.78. The predicted molar refractivity (Wildman–Crippen MR) is 75.9 cm³/mol. The molecule has 0 bridgehead atoms. The lowest BCUT2D eigenvalue weighted by Crippen LogP contribution is -2.32. The number of hydrogen-bond acceptors (Lipinski definition) is 3. The van der Waals surface area contributed by atoms with Crippen molar-refractivity contribution in [3.05, 3.63) is 36.2 Å². The standard InChI is InChI=1S/C14H23N3O2/c1-14(2,3)19-13(18)17-8-5-4-7-15-10-12-6-9-16-11-12/h4-6,9,11,15-16H,7-8,10H2,1-3H3,(H,17,18)/b5-4+. The lowest BCUT2D eigenvalue weighted by molar-refractivity contribution is 0.0534. The first-order valence-corrected chi connectivity index (χ1v) is 6.41. The molecule has 1 aromatic rings. The van der Waals surface area contributed by atoms with Crippen molar-refractivity contribution in [2.75, 3.05) is 13.1 Å². The summed E-state index contributed by atoms with van der Waals surface area (Å²) in [6, 6.07) is 2.03. The molecule has 0 aromatic carbocycles. The van der Waals surface area contributed by atoms with Crippen molar-refractivity contribution < 1.29 is 9.53 Å². The fraction of sp³-hybridized carbons (Fsp3) is 0.500. The monoisotopic (exact) mass is 265 g/mol. The maximum absolute atomic E-state index is 11.3. The Kier molecular flexibility index (Phi) is 6.15. The quantitative estimate of drug-likeness (QED) is 0.545. The highest BCUT2D eigenvalue weighted by molar-refractivity contribution is 5.67. The normalized spacial score (nSPS) is 11.7. The number of carbonyl (C=O) groups is 1. The molecule has 1 aromatic heterocycles. The van der Waals surface area contributed by atoms with Gasteiger partial charge < -0.3 is 20.4 Å². The van der Waals surface area contributed by atoms with E-state index in [1.807, 2.05) is 51.4 Å². The van der Waals surface area contributed by atoms with Crippen LogP contribution in [0.25, 0.3) is 0 Å². The van der Waals surface area contributed by atoms with E-state index >= 15 is 0 Å². The zero-order chi connectivity index (χ0) is 14.1. The van der Waals surface area contributed by atoms with Crippen LogP contribution < -0.4 is 10.6 Å². The second-order valence-electron chi connectivity index (χ2n) is 5.20. The SMILES string of the molecule is CC(C)(C)OC(=O)NC/C=C/CNCc1cc[nH]c1. The molecule has 0 aliphatic carbocycles. The van der Waals surface area contributed by atoms with E-state index in [1.165, 1.54) is 5.56 Å². The number of ether oxygens (including phenoxy) is 1. The van der Waals surface area contributed by atoms with Crippen molar-refractivity contribution in [2.24, 2.45) is 0 Å². The van der Waals surface area contributed by atoms with Crippen molar-refractivity contribution in [1.29, 1.82) is 0 Å². The van der Waals surface area contributed by atoms with E-state index in [0.717, 1.165) is 13.1 Å². The van der Waals surface area contributed by atoms with Crippen molar-refractivity contribution >= 4 is 6.09 Å². The van der Waals surface area contributed by atoms with Crippen molar-refractivity contribution in [1.82, 2.24) is 15.6 Å². The summed E-state index contributed by atoms with van der Waals surface area (Å²) in [6.45, 7) is 7.59. The molecule has 1 amide bonds. The number of H-pyrrole nitrogens is 1. The van der Waals surface area contributed by atoms with Crippen LogP contribution in [0.2, 0.25) is 0 Å². The lowest BCUT2D eigenvalue weighted by atomic mass is 10.2. The highest BCUT2D eigenvalue weighted by atomic mass is 16.6. The van der Waals surface area contributed by atoms with Crippen LogP contribution in [-0.4, -0.2) is 29.8 Å². The molecule has 19 heavy (non-hydrogen) atoms. The zero-order valence-corrected chi connectivity index (χ0v) is 11.8. The van der Waals surface area contributed by atoms with E-state index in [9.17, 15) is 4.79 Å². The van der Waals surface area contributed by atoms with Gasteiger partial charge in [-0.2, -0.15) is 0 Å². The van der Waals surface area contributed by atoms with E-state index in [2.05, 4.69) is 15.6 Å². The van der Waals surface area contributed by atoms with Crippen molar-refractivity contribution in [2.45, 2.75) is 32.9 Å². The minimum absolute atomic E-state index is 0.391. The summed E-state index contributed by atoms with van der Waals surface area (Å²) in [5.74, 6) is 0. The molecule has 1 heterocycles. The summed E-state index contributed by atoms with van der Waals surface area (Å²) < 4.78 is 5.11. The first-order valence-electron chi connectivity index (χ1n) is 6.41. The van der Waals surface area contributed by atoms with Gasteiger partial charge in [0.1, 0.15) is 5.60 Å². The minimum Gasteiger partial charge on any atom is -0.444 e. The van der Waals surface area contributed by atoms with Gasteiger partial charge in [-0.15, -0.1) is 0 Å². The average molecular weight is 265 g/mol. The van der Waals surface area contributed by atoms with Gasteiger partial charge in [-0.05, 0) is 32.4 Å². The van der Waals surface area contributed by atoms with E-state index in [4.69, 9.17) is 4.74 Å². The number of nitrogens with one attached hydrogen (secondary N) is 3. The Morgan fingerprint density at radius 1 is 1.37 bits per heavy atom. The van der Waals surface area contributed by atoms with Crippen LogP contribution >= 0.6 is 0 Å². The molecule has 0 fully saturated rings. The smallest absolute Gasteiger partial charge is 0.407 e. The fourth-order valence-corrected chi connectivity index (χ4v) is 1.39. The highest BCUT2D eigenvalue weighted by Gasteiger charge is 2.14. The second kappa shape index (κ2) is 7.63. The zero-order valence-electron chi connectivity index (χ0n) is 11.8. The van der Waals surface area contributed by atoms with E-state index in [1.54, 1.807) is 0 Å². The molecular formula is C14H23N3O2. The summed E-state index contributed by atoms with van der Waals surface area (Å²) in [5.41, 5.74) is 0.770. The molecule has 0 saturated carbocycles. The van der Waals surface area contributed by atoms with Gasteiger partial charge in [-0.1, -0.05) is 12.2 Å². The van der Waals surface area contributed by atoms with Gasteiger partial charge in [-0.3, -0.25) is 0 Å². The van der Waals surface area contributed by atoms with Crippen molar-refractivity contribution in [3.8, 4) is 0 Å². The molecule has 0 aliphatic rings. The van der Waals surface area contributed by atoms with Gasteiger partial charge in [0.05, 0.1) is 0 Å². The van der Waals surface area contributed by atoms with E-state index < -0.39 is 11.7 Å². The Bertz CT molecular complexity index is 391. The summed E-state index contributed by atoms with van der Waals surface area (Å²) in [5, 5.41) is 5.93. The lowest BCUT2D eigenvalue weighted by Gasteiger charge is -2.19. The molecule has 3 N–H and O–H groups in total. The predicted octanol–water partition coefficient (Wildman–Crippen LogP) is 2.19. The second-order valence-corrected chi connectivity index (χ2v) is 5.20. The Labute approximate surface area is 114 Å². The molecule has 0 unspecified atom stereocenters. The van der Waals surface area contributed by atoms with Gasteiger partial charge in [-0.25, -0.2) is 4.79 Å². The Morgan fingerprint density at radius 2 is 2.11 bits per heavy atom. The topological polar surface area (TPSA) is 66.2 Å². The maximum Gasteiger partial charge on any atom is 0.407 e. The summed E-state index contributed by atoms with van der Waals surface area (Å²) in [4.78, 5) is 14.3. The molecule has 1 rings (SSSR count). The van der Waals surface area contributed by atoms with Crippen LogP contribution in [0, 0.1) is 0 Å². The van der Waals surface area contributed by atoms with Crippen LogP contribution in [0.15, 0.2) is 30.6 Å². The maximum atomic E-state index is 11.3. The highest BCUT2D eigenvalue weighted by Crippen LogP contribution is 2.05. The number of aromatic amines is 1. The number of hydrogen-bond donors (Lipinski definition) is 3. The third-order valence-electron chi connectivity index (χ3n) is 2.18.